The van der Waals surface area contributed by atoms with Crippen LogP contribution in [0.1, 0.15) is 30.3 Å². The fourth-order valence-corrected chi connectivity index (χ4v) is 1.76. The Bertz CT molecular complexity index is 1090. The highest BCUT2D eigenvalue weighted by Gasteiger charge is 2.26. The molecule has 0 aromatic heterocycles. The Morgan fingerprint density at radius 2 is 1.42 bits per heavy atom. The van der Waals surface area contributed by atoms with Crippen molar-refractivity contribution in [2.24, 2.45) is 0 Å². The molecule has 0 heterocycles. The SMILES string of the molecule is [2H]c1c([2H])c([2H])c(C([2H])([2H])[2H])c(OP(=O)(O)Oc2c([2H])c([2H])c([2H])c([2H])c2C([2H])([2H])[2H])c1[2H]. The molecule has 2 aromatic carbocycles. The van der Waals surface area contributed by atoms with Gasteiger partial charge in [-0.1, -0.05) is 36.3 Å². The van der Waals surface area contributed by atoms with Gasteiger partial charge in [0.15, 0.2) is 0 Å². The van der Waals surface area contributed by atoms with Crippen molar-refractivity contribution in [3.63, 3.8) is 0 Å². The van der Waals surface area contributed by atoms with Gasteiger partial charge < -0.3 is 9.05 Å². The van der Waals surface area contributed by atoms with Crippen molar-refractivity contribution in [2.45, 2.75) is 13.7 Å². The maximum atomic E-state index is 12.7. The minimum absolute atomic E-state index is 0.964. The average Bonchev–Trinajstić information content (AvgIpc) is 2.64. The third-order valence-corrected chi connectivity index (χ3v) is 2.55. The summed E-state index contributed by atoms with van der Waals surface area (Å²) in [5.74, 6) is -2.55. The Morgan fingerprint density at radius 1 is 1.00 bits per heavy atom. The zero-order chi connectivity index (χ0) is 25.8. The fraction of sp³-hybridized carbons (Fsp3) is 0.143. The number of hydrogen-bond donors (Lipinski definition) is 1. The molecule has 0 fully saturated rings. The Morgan fingerprint density at radius 3 is 1.84 bits per heavy atom. The molecule has 100 valence electrons. The maximum Gasteiger partial charge on any atom is 0.584 e. The first kappa shape index (κ1) is 4.37. The van der Waals surface area contributed by atoms with Gasteiger partial charge in [0.1, 0.15) is 11.5 Å². The first-order valence-corrected chi connectivity index (χ1v) is 6.15. The predicted molar refractivity (Wildman–Crippen MR) is 73.4 cm³/mol. The molecule has 0 saturated heterocycles. The summed E-state index contributed by atoms with van der Waals surface area (Å²) in [7, 11) is -5.69. The second-order valence-corrected chi connectivity index (χ2v) is 4.36. The Hall–Kier alpha value is -1.77. The minimum atomic E-state index is -5.69. The van der Waals surface area contributed by atoms with Crippen molar-refractivity contribution in [3.8, 4) is 11.5 Å². The fourth-order valence-electron chi connectivity index (χ4n) is 0.988. The monoisotopic (exact) mass is 292 g/mol. The predicted octanol–water partition coefficient (Wildman–Crippen LogP) is 3.86. The molecular weight excluding hydrogens is 263 g/mol. The van der Waals surface area contributed by atoms with E-state index < -0.39 is 92.5 Å². The lowest BCUT2D eigenvalue weighted by atomic mass is 10.2. The Kier molecular flexibility index (Phi) is 1.26. The van der Waals surface area contributed by atoms with E-state index >= 15 is 0 Å². The van der Waals surface area contributed by atoms with E-state index in [2.05, 4.69) is 9.05 Å². The van der Waals surface area contributed by atoms with Crippen LogP contribution in [0, 0.1) is 13.7 Å². The van der Waals surface area contributed by atoms with Gasteiger partial charge in [-0.15, -0.1) is 0 Å². The van der Waals surface area contributed by atoms with Crippen LogP contribution >= 0.6 is 7.82 Å². The molecule has 0 aliphatic carbocycles. The van der Waals surface area contributed by atoms with Gasteiger partial charge in [-0.2, -0.15) is 0 Å². The maximum absolute atomic E-state index is 12.7. The number of phosphoric ester groups is 1. The molecule has 5 heteroatoms. The Balaban J connectivity index is 2.74. The molecule has 19 heavy (non-hydrogen) atoms. The van der Waals surface area contributed by atoms with Gasteiger partial charge >= 0.3 is 7.82 Å². The Labute approximate surface area is 131 Å². The summed E-state index contributed by atoms with van der Waals surface area (Å²) in [4.78, 5) is 10.2. The highest BCUT2D eigenvalue weighted by molar-refractivity contribution is 7.48. The molecule has 0 amide bonds. The van der Waals surface area contributed by atoms with Crippen LogP contribution in [0.25, 0.3) is 0 Å². The molecule has 2 aromatic rings. The summed E-state index contributed by atoms with van der Waals surface area (Å²) >= 11 is 0. The highest BCUT2D eigenvalue weighted by atomic mass is 31.2. The number of phosphoric acid groups is 1. The normalized spacial score (nSPS) is 23.0. The third-order valence-electron chi connectivity index (χ3n) is 1.72. The summed E-state index contributed by atoms with van der Waals surface area (Å²) in [6.45, 7) is -6.49. The molecule has 4 nitrogen and oxygen atoms in total. The smallest absolute Gasteiger partial charge is 0.395 e. The van der Waals surface area contributed by atoms with Crippen molar-refractivity contribution >= 4 is 7.82 Å². The van der Waals surface area contributed by atoms with E-state index in [1.54, 1.807) is 0 Å². The van der Waals surface area contributed by atoms with E-state index in [9.17, 15) is 9.46 Å². The van der Waals surface area contributed by atoms with Crippen molar-refractivity contribution in [2.75, 3.05) is 0 Å². The molecule has 0 saturated carbocycles. The van der Waals surface area contributed by atoms with Gasteiger partial charge in [0, 0.05) is 8.22 Å². The summed E-state index contributed by atoms with van der Waals surface area (Å²) in [6.07, 6.45) is 0. The molecule has 0 bridgehead atoms. The molecule has 0 atom stereocenters. The van der Waals surface area contributed by atoms with E-state index in [1.807, 2.05) is 0 Å². The summed E-state index contributed by atoms with van der Waals surface area (Å²) < 4.78 is 129. The van der Waals surface area contributed by atoms with Crippen LogP contribution in [0.3, 0.4) is 0 Å². The van der Waals surface area contributed by atoms with Gasteiger partial charge in [-0.3, -0.25) is 4.89 Å². The van der Waals surface area contributed by atoms with Crippen molar-refractivity contribution in [1.29, 1.82) is 0 Å². The second kappa shape index (κ2) is 5.47. The lowest BCUT2D eigenvalue weighted by Gasteiger charge is -2.16. The molecule has 0 aliphatic heterocycles. The highest BCUT2D eigenvalue weighted by Crippen LogP contribution is 2.45. The molecular formula is C14H15O4P. The van der Waals surface area contributed by atoms with Gasteiger partial charge in [0.2, 0.25) is 0 Å². The molecule has 0 spiro atoms. The lowest BCUT2D eigenvalue weighted by Crippen LogP contribution is -2.01. The van der Waals surface area contributed by atoms with E-state index in [-0.39, 0.29) is 0 Å². The average molecular weight is 292 g/mol. The largest absolute Gasteiger partial charge is 0.584 e. The molecule has 2 rings (SSSR count). The van der Waals surface area contributed by atoms with Gasteiger partial charge in [0.25, 0.3) is 0 Å². The van der Waals surface area contributed by atoms with Gasteiger partial charge in [-0.25, -0.2) is 4.57 Å². The van der Waals surface area contributed by atoms with Crippen LogP contribution in [0.5, 0.6) is 11.5 Å². The lowest BCUT2D eigenvalue weighted by molar-refractivity contribution is 0.289. The summed E-state index contributed by atoms with van der Waals surface area (Å²) in [5, 5.41) is 0. The van der Waals surface area contributed by atoms with Gasteiger partial charge in [-0.05, 0) is 36.9 Å². The van der Waals surface area contributed by atoms with Crippen molar-refractivity contribution < 1.29 is 37.7 Å². The second-order valence-electron chi connectivity index (χ2n) is 3.06. The minimum Gasteiger partial charge on any atom is -0.395 e. The molecule has 1 N–H and O–H groups in total. The van der Waals surface area contributed by atoms with Crippen molar-refractivity contribution in [1.82, 2.24) is 0 Å². The van der Waals surface area contributed by atoms with Crippen LogP contribution in [-0.4, -0.2) is 4.89 Å². The van der Waals surface area contributed by atoms with E-state index in [0.717, 1.165) is 0 Å². The summed E-state index contributed by atoms with van der Waals surface area (Å²) in [6, 6.07) is -8.41. The van der Waals surface area contributed by atoms with Gasteiger partial charge in [0.05, 0.1) is 11.0 Å². The number of para-hydroxylation sites is 2. The van der Waals surface area contributed by atoms with E-state index in [4.69, 9.17) is 19.2 Å². The summed E-state index contributed by atoms with van der Waals surface area (Å²) in [5.41, 5.74) is -2.31. The first-order chi connectivity index (χ1) is 14.7. The zero-order valence-corrected chi connectivity index (χ0v) is 10.0. The first-order valence-electron chi connectivity index (χ1n) is 11.7. The third kappa shape index (κ3) is 3.60. The van der Waals surface area contributed by atoms with Crippen LogP contribution in [0.4, 0.5) is 0 Å². The van der Waals surface area contributed by atoms with Crippen LogP contribution in [0.2, 0.25) is 0 Å². The molecule has 0 unspecified atom stereocenters. The number of hydrogen-bond acceptors (Lipinski definition) is 3. The van der Waals surface area contributed by atoms with Crippen LogP contribution in [-0.2, 0) is 4.57 Å². The molecule has 0 aliphatic rings. The quantitative estimate of drug-likeness (QED) is 0.869. The standard InChI is InChI=1S/C14H15O4P/c1-11-7-3-5-9-13(11)17-19(15,16)18-14-10-6-4-8-12(14)2/h3-10H,1-2H3,(H,15,16)/i1D3,2D3,3D,4D,5D,6D,7D,8D,9D,10D. The van der Waals surface area contributed by atoms with Crippen molar-refractivity contribution in [3.05, 3.63) is 59.5 Å². The van der Waals surface area contributed by atoms with E-state index in [1.165, 1.54) is 0 Å². The van der Waals surface area contributed by atoms with E-state index in [0.29, 0.717) is 0 Å². The molecule has 0 radical (unpaired) electrons. The topological polar surface area (TPSA) is 55.8 Å². The van der Waals surface area contributed by atoms with Crippen LogP contribution < -0.4 is 9.05 Å². The number of benzene rings is 2. The van der Waals surface area contributed by atoms with Crippen LogP contribution in [0.15, 0.2) is 48.3 Å². The zero-order valence-electron chi connectivity index (χ0n) is 23.1. The number of rotatable bonds is 4.